The monoisotopic (exact) mass is 390 g/mol. The molecule has 1 aromatic carbocycles. The number of carbonyl (C=O) groups is 1. The topological polar surface area (TPSA) is 42.0 Å². The van der Waals surface area contributed by atoms with E-state index in [0.717, 1.165) is 9.37 Å². The van der Waals surface area contributed by atoms with Gasteiger partial charge in [-0.1, -0.05) is 35.3 Å². The van der Waals surface area contributed by atoms with E-state index in [1.54, 1.807) is 0 Å². The van der Waals surface area contributed by atoms with Gasteiger partial charge in [0.05, 0.1) is 15.8 Å². The van der Waals surface area contributed by atoms with Gasteiger partial charge in [-0.3, -0.25) is 4.79 Å². The van der Waals surface area contributed by atoms with Crippen molar-refractivity contribution in [3.05, 3.63) is 51.0 Å². The summed E-state index contributed by atoms with van der Waals surface area (Å²) in [6.45, 7) is 0. The van der Waals surface area contributed by atoms with Gasteiger partial charge < -0.3 is 5.32 Å². The molecule has 0 saturated carbocycles. The molecule has 1 heterocycles. The molecule has 0 spiro atoms. The van der Waals surface area contributed by atoms with Gasteiger partial charge in [0.15, 0.2) is 5.82 Å². The Labute approximate surface area is 139 Å². The van der Waals surface area contributed by atoms with Crippen molar-refractivity contribution in [2.24, 2.45) is 0 Å². The second kappa shape index (κ2) is 7.31. The standard InChI is InChI=1S/C13H9BrCl2N2OS/c14-9-3-1-2-4-11(9)20-7-12(19)18-13-10(16)5-8(15)6-17-13/h1-6H,7H2,(H,17,18,19). The van der Waals surface area contributed by atoms with Crippen LogP contribution in [-0.4, -0.2) is 16.6 Å². The molecule has 0 aliphatic heterocycles. The number of pyridine rings is 1. The maximum Gasteiger partial charge on any atom is 0.235 e. The zero-order valence-electron chi connectivity index (χ0n) is 10.1. The minimum absolute atomic E-state index is 0.178. The molecule has 1 aromatic heterocycles. The van der Waals surface area contributed by atoms with Crippen LogP contribution in [0, 0.1) is 0 Å². The van der Waals surface area contributed by atoms with E-state index in [1.165, 1.54) is 24.0 Å². The normalized spacial score (nSPS) is 10.3. The lowest BCUT2D eigenvalue weighted by Gasteiger charge is -2.07. The molecule has 104 valence electrons. The predicted octanol–water partition coefficient (Wildman–Crippen LogP) is 4.88. The van der Waals surface area contributed by atoms with Gasteiger partial charge in [-0.2, -0.15) is 0 Å². The van der Waals surface area contributed by atoms with Gasteiger partial charge in [-0.25, -0.2) is 4.98 Å². The van der Waals surface area contributed by atoms with Crippen molar-refractivity contribution < 1.29 is 4.79 Å². The zero-order valence-corrected chi connectivity index (χ0v) is 14.0. The summed E-state index contributed by atoms with van der Waals surface area (Å²) in [5.74, 6) is 0.403. The van der Waals surface area contributed by atoms with Crippen LogP contribution in [0.4, 0.5) is 5.82 Å². The molecule has 0 fully saturated rings. The first-order valence-corrected chi connectivity index (χ1v) is 8.08. The maximum absolute atomic E-state index is 11.9. The quantitative estimate of drug-likeness (QED) is 0.755. The van der Waals surface area contributed by atoms with Crippen LogP contribution < -0.4 is 5.32 Å². The number of carbonyl (C=O) groups excluding carboxylic acids is 1. The number of hydrogen-bond donors (Lipinski definition) is 1. The third-order valence-corrected chi connectivity index (χ3v) is 4.78. The third kappa shape index (κ3) is 4.38. The smallest absolute Gasteiger partial charge is 0.235 e. The van der Waals surface area contributed by atoms with Crippen molar-refractivity contribution in [3.63, 3.8) is 0 Å². The van der Waals surface area contributed by atoms with Crippen molar-refractivity contribution in [2.75, 3.05) is 11.1 Å². The molecule has 0 unspecified atom stereocenters. The molecule has 2 aromatic rings. The second-order valence-electron chi connectivity index (χ2n) is 3.75. The van der Waals surface area contributed by atoms with Crippen molar-refractivity contribution in [3.8, 4) is 0 Å². The van der Waals surface area contributed by atoms with Gasteiger partial charge in [0, 0.05) is 15.6 Å². The SMILES string of the molecule is O=C(CSc1ccccc1Br)Nc1ncc(Cl)cc1Cl. The lowest BCUT2D eigenvalue weighted by molar-refractivity contribution is -0.113. The number of nitrogens with zero attached hydrogens (tertiary/aromatic N) is 1. The Morgan fingerprint density at radius 2 is 2.10 bits per heavy atom. The molecule has 0 aliphatic carbocycles. The number of hydrogen-bond acceptors (Lipinski definition) is 3. The molecule has 0 radical (unpaired) electrons. The van der Waals surface area contributed by atoms with E-state index in [0.29, 0.717) is 15.9 Å². The molecule has 0 atom stereocenters. The Balaban J connectivity index is 1.94. The first-order chi connectivity index (χ1) is 9.56. The fraction of sp³-hybridized carbons (Fsp3) is 0.0769. The number of nitrogens with one attached hydrogen (secondary N) is 1. The van der Waals surface area contributed by atoms with Crippen molar-refractivity contribution in [1.82, 2.24) is 4.98 Å². The van der Waals surface area contributed by atoms with E-state index in [4.69, 9.17) is 23.2 Å². The van der Waals surface area contributed by atoms with Crippen molar-refractivity contribution >= 4 is 62.6 Å². The second-order valence-corrected chi connectivity index (χ2v) is 6.47. The van der Waals surface area contributed by atoms with Gasteiger partial charge in [-0.15, -0.1) is 11.8 Å². The number of amides is 1. The molecule has 3 nitrogen and oxygen atoms in total. The Hall–Kier alpha value is -0.750. The molecule has 0 bridgehead atoms. The number of rotatable bonds is 4. The van der Waals surface area contributed by atoms with E-state index in [1.807, 2.05) is 24.3 Å². The van der Waals surface area contributed by atoms with Gasteiger partial charge in [0.1, 0.15) is 0 Å². The third-order valence-electron chi connectivity index (χ3n) is 2.26. The number of aromatic nitrogens is 1. The molecule has 1 amide bonds. The van der Waals surface area contributed by atoms with Crippen LogP contribution in [0.1, 0.15) is 0 Å². The van der Waals surface area contributed by atoms with Crippen LogP contribution in [-0.2, 0) is 4.79 Å². The number of benzene rings is 1. The Morgan fingerprint density at radius 3 is 2.80 bits per heavy atom. The Bertz CT molecular complexity index is 640. The molecular weight excluding hydrogens is 383 g/mol. The van der Waals surface area contributed by atoms with Gasteiger partial charge in [-0.05, 0) is 34.1 Å². The molecule has 0 aliphatic rings. The summed E-state index contributed by atoms with van der Waals surface area (Å²) in [5.41, 5.74) is 0. The summed E-state index contributed by atoms with van der Waals surface area (Å²) in [6, 6.07) is 9.24. The minimum Gasteiger partial charge on any atom is -0.309 e. The highest BCUT2D eigenvalue weighted by molar-refractivity contribution is 9.10. The first kappa shape index (κ1) is 15.6. The average Bonchev–Trinajstić information content (AvgIpc) is 2.41. The fourth-order valence-electron chi connectivity index (χ4n) is 1.38. The van der Waals surface area contributed by atoms with E-state index in [-0.39, 0.29) is 11.7 Å². The highest BCUT2D eigenvalue weighted by Crippen LogP contribution is 2.27. The summed E-state index contributed by atoms with van der Waals surface area (Å²) < 4.78 is 0.959. The molecule has 2 rings (SSSR count). The van der Waals surface area contributed by atoms with Gasteiger partial charge in [0.2, 0.25) is 5.91 Å². The fourth-order valence-corrected chi connectivity index (χ4v) is 3.17. The lowest BCUT2D eigenvalue weighted by Crippen LogP contribution is -2.15. The summed E-state index contributed by atoms with van der Waals surface area (Å²) in [5, 5.41) is 3.39. The number of thioether (sulfide) groups is 1. The highest BCUT2D eigenvalue weighted by atomic mass is 79.9. The van der Waals surface area contributed by atoms with Crippen LogP contribution in [0.2, 0.25) is 10.0 Å². The summed E-state index contributed by atoms with van der Waals surface area (Å²) >= 11 is 16.5. The Morgan fingerprint density at radius 1 is 1.35 bits per heavy atom. The molecule has 1 N–H and O–H groups in total. The first-order valence-electron chi connectivity index (χ1n) is 5.54. The molecule has 0 saturated heterocycles. The molecular formula is C13H9BrCl2N2OS. The van der Waals surface area contributed by atoms with Crippen LogP contribution >= 0.6 is 50.9 Å². The van der Waals surface area contributed by atoms with Crippen molar-refractivity contribution in [2.45, 2.75) is 4.90 Å². The van der Waals surface area contributed by atoms with Crippen LogP contribution in [0.3, 0.4) is 0 Å². The van der Waals surface area contributed by atoms with E-state index >= 15 is 0 Å². The number of anilines is 1. The minimum atomic E-state index is -0.178. The van der Waals surface area contributed by atoms with E-state index in [9.17, 15) is 4.79 Å². The molecule has 20 heavy (non-hydrogen) atoms. The maximum atomic E-state index is 11.9. The largest absolute Gasteiger partial charge is 0.309 e. The summed E-state index contributed by atoms with van der Waals surface area (Å²) in [7, 11) is 0. The highest BCUT2D eigenvalue weighted by Gasteiger charge is 2.09. The number of halogens is 3. The van der Waals surface area contributed by atoms with Crippen LogP contribution in [0.25, 0.3) is 0 Å². The molecule has 7 heteroatoms. The van der Waals surface area contributed by atoms with Gasteiger partial charge >= 0.3 is 0 Å². The summed E-state index contributed by atoms with van der Waals surface area (Å²) in [4.78, 5) is 16.8. The van der Waals surface area contributed by atoms with Crippen LogP contribution in [0.5, 0.6) is 0 Å². The average molecular weight is 392 g/mol. The van der Waals surface area contributed by atoms with Crippen LogP contribution in [0.15, 0.2) is 45.9 Å². The van der Waals surface area contributed by atoms with Crippen molar-refractivity contribution in [1.29, 1.82) is 0 Å². The zero-order chi connectivity index (χ0) is 14.5. The van der Waals surface area contributed by atoms with E-state index < -0.39 is 0 Å². The van der Waals surface area contributed by atoms with Gasteiger partial charge in [0.25, 0.3) is 0 Å². The Kier molecular flexibility index (Phi) is 5.72. The predicted molar refractivity (Wildman–Crippen MR) is 87.8 cm³/mol. The van der Waals surface area contributed by atoms with E-state index in [2.05, 4.69) is 26.2 Å². The summed E-state index contributed by atoms with van der Waals surface area (Å²) in [6.07, 6.45) is 1.43. The lowest BCUT2D eigenvalue weighted by atomic mass is 10.4.